The zero-order valence-electron chi connectivity index (χ0n) is 11.9. The summed E-state index contributed by atoms with van der Waals surface area (Å²) in [7, 11) is 0. The van der Waals surface area contributed by atoms with Gasteiger partial charge >= 0.3 is 12.0 Å². The Morgan fingerprint density at radius 3 is 2.60 bits per heavy atom. The molecule has 0 fully saturated rings. The van der Waals surface area contributed by atoms with Gasteiger partial charge in [-0.15, -0.1) is 0 Å². The highest BCUT2D eigenvalue weighted by molar-refractivity contribution is 7.09. The van der Waals surface area contributed by atoms with Crippen LogP contribution in [-0.2, 0) is 4.79 Å². The molecular formula is C12H20N4O3S. The summed E-state index contributed by atoms with van der Waals surface area (Å²) in [5.74, 6) is -0.171. The third-order valence-corrected chi connectivity index (χ3v) is 3.57. The molecule has 0 saturated carbocycles. The van der Waals surface area contributed by atoms with Crippen LogP contribution in [0, 0.1) is 12.3 Å². The fourth-order valence-electron chi connectivity index (χ4n) is 1.57. The summed E-state index contributed by atoms with van der Waals surface area (Å²) in [5.41, 5.74) is -0.120. The summed E-state index contributed by atoms with van der Waals surface area (Å²) in [6.07, 6.45) is 1.44. The quantitative estimate of drug-likeness (QED) is 0.716. The van der Waals surface area contributed by atoms with E-state index in [1.165, 1.54) is 0 Å². The number of aliphatic carboxylic acids is 1. The van der Waals surface area contributed by atoms with Gasteiger partial charge in [-0.3, -0.25) is 10.1 Å². The summed E-state index contributed by atoms with van der Waals surface area (Å²) in [5, 5.41) is 14.5. The van der Waals surface area contributed by atoms with Crippen molar-refractivity contribution in [1.29, 1.82) is 0 Å². The van der Waals surface area contributed by atoms with Crippen molar-refractivity contribution < 1.29 is 14.7 Å². The number of hydrogen-bond donors (Lipinski definition) is 3. The number of carbonyl (C=O) groups excluding carboxylic acids is 1. The molecule has 112 valence electrons. The Kier molecular flexibility index (Phi) is 5.87. The lowest BCUT2D eigenvalue weighted by atomic mass is 9.84. The molecule has 1 aromatic heterocycles. The number of nitrogens with one attached hydrogen (secondary N) is 2. The lowest BCUT2D eigenvalue weighted by Crippen LogP contribution is -2.32. The number of hydrogen-bond acceptors (Lipinski definition) is 5. The molecule has 0 aliphatic heterocycles. The van der Waals surface area contributed by atoms with Crippen molar-refractivity contribution in [3.05, 3.63) is 5.82 Å². The van der Waals surface area contributed by atoms with Gasteiger partial charge in [0.1, 0.15) is 5.82 Å². The molecule has 8 heteroatoms. The summed E-state index contributed by atoms with van der Waals surface area (Å²) >= 11 is 1.13. The van der Waals surface area contributed by atoms with Gasteiger partial charge in [-0.05, 0) is 25.2 Å². The van der Waals surface area contributed by atoms with Crippen molar-refractivity contribution >= 4 is 28.7 Å². The number of aryl methyl sites for hydroxylation is 1. The van der Waals surface area contributed by atoms with Gasteiger partial charge < -0.3 is 10.4 Å². The first-order valence-electron chi connectivity index (χ1n) is 6.35. The van der Waals surface area contributed by atoms with Crippen LogP contribution in [-0.4, -0.2) is 33.0 Å². The number of aromatic nitrogens is 2. The molecular weight excluding hydrogens is 280 g/mol. The summed E-state index contributed by atoms with van der Waals surface area (Å²) in [6.45, 7) is 6.22. The van der Waals surface area contributed by atoms with E-state index in [9.17, 15) is 9.59 Å². The van der Waals surface area contributed by atoms with Crippen LogP contribution in [0.4, 0.5) is 9.93 Å². The van der Waals surface area contributed by atoms with Gasteiger partial charge in [0.2, 0.25) is 5.13 Å². The van der Waals surface area contributed by atoms with Gasteiger partial charge in [0.15, 0.2) is 0 Å². The molecule has 0 spiro atoms. The molecule has 0 aliphatic rings. The molecule has 0 aliphatic carbocycles. The van der Waals surface area contributed by atoms with E-state index in [-0.39, 0.29) is 17.9 Å². The Morgan fingerprint density at radius 2 is 2.05 bits per heavy atom. The highest BCUT2D eigenvalue weighted by atomic mass is 32.1. The van der Waals surface area contributed by atoms with E-state index < -0.39 is 5.97 Å². The zero-order chi connectivity index (χ0) is 15.2. The number of urea groups is 1. The van der Waals surface area contributed by atoms with Crippen LogP contribution in [0.2, 0.25) is 0 Å². The van der Waals surface area contributed by atoms with Gasteiger partial charge in [0.25, 0.3) is 0 Å². The van der Waals surface area contributed by atoms with Gasteiger partial charge in [-0.2, -0.15) is 4.37 Å². The van der Waals surface area contributed by atoms with Crippen molar-refractivity contribution in [2.45, 2.75) is 40.0 Å². The van der Waals surface area contributed by atoms with E-state index in [0.717, 1.165) is 11.5 Å². The van der Waals surface area contributed by atoms with Gasteiger partial charge in [-0.1, -0.05) is 13.8 Å². The lowest BCUT2D eigenvalue weighted by molar-refractivity contribution is -0.137. The van der Waals surface area contributed by atoms with Crippen LogP contribution in [0.25, 0.3) is 0 Å². The largest absolute Gasteiger partial charge is 0.481 e. The first kappa shape index (κ1) is 16.4. The molecule has 0 aromatic carbocycles. The van der Waals surface area contributed by atoms with E-state index in [1.807, 2.05) is 13.8 Å². The topological polar surface area (TPSA) is 104 Å². The summed E-state index contributed by atoms with van der Waals surface area (Å²) in [6, 6.07) is -0.324. The van der Waals surface area contributed by atoms with Crippen molar-refractivity contribution in [1.82, 2.24) is 14.7 Å². The maximum Gasteiger partial charge on any atom is 0.321 e. The number of carboxylic acids is 1. The van der Waals surface area contributed by atoms with E-state index in [0.29, 0.717) is 30.3 Å². The normalized spacial score (nSPS) is 11.2. The number of carbonyl (C=O) groups is 2. The monoisotopic (exact) mass is 300 g/mol. The van der Waals surface area contributed by atoms with Gasteiger partial charge in [0, 0.05) is 24.5 Å². The molecule has 20 heavy (non-hydrogen) atoms. The Labute approximate surface area is 122 Å². The van der Waals surface area contributed by atoms with Crippen LogP contribution in [0.15, 0.2) is 0 Å². The van der Waals surface area contributed by atoms with Gasteiger partial charge in [-0.25, -0.2) is 9.78 Å². The maximum atomic E-state index is 11.6. The van der Waals surface area contributed by atoms with Crippen LogP contribution < -0.4 is 10.6 Å². The average molecular weight is 300 g/mol. The molecule has 7 nitrogen and oxygen atoms in total. The average Bonchev–Trinajstić information content (AvgIpc) is 2.72. The third-order valence-electron chi connectivity index (χ3n) is 2.85. The van der Waals surface area contributed by atoms with Crippen LogP contribution in [0.3, 0.4) is 0 Å². The van der Waals surface area contributed by atoms with Crippen molar-refractivity contribution in [3.8, 4) is 0 Å². The lowest BCUT2D eigenvalue weighted by Gasteiger charge is -2.23. The molecule has 1 aromatic rings. The Hall–Kier alpha value is -1.70. The van der Waals surface area contributed by atoms with E-state index in [1.54, 1.807) is 6.92 Å². The predicted octanol–water partition coefficient (Wildman–Crippen LogP) is 2.25. The molecule has 0 bridgehead atoms. The molecule has 0 unspecified atom stereocenters. The highest BCUT2D eigenvalue weighted by Crippen LogP contribution is 2.25. The van der Waals surface area contributed by atoms with E-state index in [2.05, 4.69) is 20.0 Å². The smallest absolute Gasteiger partial charge is 0.321 e. The SMILES string of the molecule is Cc1nsc(NC(=O)NCCC(C)(C)CCC(=O)O)n1. The number of carboxylic acid groups (broad SMARTS) is 1. The van der Waals surface area contributed by atoms with Crippen LogP contribution >= 0.6 is 11.5 Å². The second-order valence-corrected chi connectivity index (χ2v) is 6.09. The minimum absolute atomic E-state index is 0.120. The molecule has 0 atom stereocenters. The van der Waals surface area contributed by atoms with E-state index >= 15 is 0 Å². The molecule has 1 heterocycles. The zero-order valence-corrected chi connectivity index (χ0v) is 12.7. The van der Waals surface area contributed by atoms with E-state index in [4.69, 9.17) is 5.11 Å². The minimum atomic E-state index is -0.796. The van der Waals surface area contributed by atoms with Crippen LogP contribution in [0.5, 0.6) is 0 Å². The summed E-state index contributed by atoms with van der Waals surface area (Å²) < 4.78 is 3.96. The van der Waals surface area contributed by atoms with Crippen molar-refractivity contribution in [3.63, 3.8) is 0 Å². The van der Waals surface area contributed by atoms with Crippen molar-refractivity contribution in [2.24, 2.45) is 5.41 Å². The fourth-order valence-corrected chi connectivity index (χ4v) is 2.14. The number of nitrogens with zero attached hydrogens (tertiary/aromatic N) is 2. The predicted molar refractivity (Wildman–Crippen MR) is 76.9 cm³/mol. The maximum absolute atomic E-state index is 11.6. The molecule has 2 amide bonds. The second-order valence-electron chi connectivity index (χ2n) is 5.34. The first-order chi connectivity index (χ1) is 9.28. The molecule has 0 saturated heterocycles. The molecule has 3 N–H and O–H groups in total. The standard InChI is InChI=1S/C12H20N4O3S/c1-8-14-11(20-16-8)15-10(19)13-7-6-12(2,3)5-4-9(17)18/h4-7H2,1-3H3,(H,17,18)(H2,13,14,15,16,19). The van der Waals surface area contributed by atoms with Crippen molar-refractivity contribution in [2.75, 3.05) is 11.9 Å². The number of rotatable bonds is 7. The van der Waals surface area contributed by atoms with Gasteiger partial charge in [0.05, 0.1) is 0 Å². The minimum Gasteiger partial charge on any atom is -0.481 e. The molecule has 0 radical (unpaired) electrons. The van der Waals surface area contributed by atoms with Crippen LogP contribution in [0.1, 0.15) is 38.9 Å². The number of amides is 2. The highest BCUT2D eigenvalue weighted by Gasteiger charge is 2.19. The Balaban J connectivity index is 2.25. The Bertz CT molecular complexity index is 473. The first-order valence-corrected chi connectivity index (χ1v) is 7.13. The molecule has 1 rings (SSSR count). The number of anilines is 1. The fraction of sp³-hybridized carbons (Fsp3) is 0.667. The summed E-state index contributed by atoms with van der Waals surface area (Å²) in [4.78, 5) is 26.2. The Morgan fingerprint density at radius 1 is 1.35 bits per heavy atom. The second kappa shape index (κ2) is 7.18. The third kappa shape index (κ3) is 6.46.